The summed E-state index contributed by atoms with van der Waals surface area (Å²) < 4.78 is 0. The SMILES string of the molecule is C=C/C(=N\OC)C(C)C.CC. The molecule has 0 aromatic carbocycles. The zero-order chi connectivity index (χ0) is 9.28. The average Bonchev–Trinajstić information content (AvgIpc) is 2.03. The monoisotopic (exact) mass is 157 g/mol. The van der Waals surface area contributed by atoms with E-state index in [0.717, 1.165) is 5.71 Å². The van der Waals surface area contributed by atoms with E-state index in [0.29, 0.717) is 5.92 Å². The maximum absolute atomic E-state index is 4.57. The number of hydrogen-bond acceptors (Lipinski definition) is 2. The summed E-state index contributed by atoms with van der Waals surface area (Å²) in [6.45, 7) is 11.7. The highest BCUT2D eigenvalue weighted by Crippen LogP contribution is 1.97. The Hall–Kier alpha value is -0.790. The van der Waals surface area contributed by atoms with Crippen LogP contribution in [0.4, 0.5) is 0 Å². The molecule has 0 saturated carbocycles. The average molecular weight is 157 g/mol. The van der Waals surface area contributed by atoms with Gasteiger partial charge < -0.3 is 4.84 Å². The summed E-state index contributed by atoms with van der Waals surface area (Å²) in [6.07, 6.45) is 1.70. The highest BCUT2D eigenvalue weighted by atomic mass is 16.6. The van der Waals surface area contributed by atoms with Crippen molar-refractivity contribution in [1.82, 2.24) is 0 Å². The van der Waals surface area contributed by atoms with Gasteiger partial charge in [0, 0.05) is 0 Å². The van der Waals surface area contributed by atoms with Gasteiger partial charge in [-0.15, -0.1) is 0 Å². The fourth-order valence-electron chi connectivity index (χ4n) is 0.484. The fourth-order valence-corrected chi connectivity index (χ4v) is 0.484. The lowest BCUT2D eigenvalue weighted by molar-refractivity contribution is 0.212. The normalized spacial score (nSPS) is 10.2. The molecule has 66 valence electrons. The molecule has 2 heteroatoms. The van der Waals surface area contributed by atoms with Crippen LogP contribution >= 0.6 is 0 Å². The largest absolute Gasteiger partial charge is 0.399 e. The van der Waals surface area contributed by atoms with Gasteiger partial charge in [-0.25, -0.2) is 0 Å². The zero-order valence-electron chi connectivity index (χ0n) is 8.22. The Kier molecular flexibility index (Phi) is 10.8. The Balaban J connectivity index is 0. The van der Waals surface area contributed by atoms with Crippen LogP contribution in [-0.4, -0.2) is 12.8 Å². The molecule has 0 unspecified atom stereocenters. The van der Waals surface area contributed by atoms with Crippen molar-refractivity contribution in [3.05, 3.63) is 12.7 Å². The molecular weight excluding hydrogens is 138 g/mol. The molecule has 0 saturated heterocycles. The Labute approximate surface area is 69.9 Å². The standard InChI is InChI=1S/C7H13NO.C2H6/c1-5-7(6(2)3)8-9-4;1-2/h5-6H,1H2,2-4H3;1-2H3/b8-7+;. The Bertz CT molecular complexity index is 117. The van der Waals surface area contributed by atoms with Crippen molar-refractivity contribution >= 4 is 5.71 Å². The lowest BCUT2D eigenvalue weighted by Gasteiger charge is -2.01. The second-order valence-corrected chi connectivity index (χ2v) is 2.06. The van der Waals surface area contributed by atoms with E-state index in [-0.39, 0.29) is 0 Å². The van der Waals surface area contributed by atoms with E-state index >= 15 is 0 Å². The van der Waals surface area contributed by atoms with Crippen LogP contribution in [0.5, 0.6) is 0 Å². The van der Waals surface area contributed by atoms with E-state index in [9.17, 15) is 0 Å². The van der Waals surface area contributed by atoms with Gasteiger partial charge in [0.25, 0.3) is 0 Å². The zero-order valence-corrected chi connectivity index (χ0v) is 8.22. The van der Waals surface area contributed by atoms with Crippen molar-refractivity contribution in [2.75, 3.05) is 7.11 Å². The molecule has 11 heavy (non-hydrogen) atoms. The Morgan fingerprint density at radius 1 is 1.45 bits per heavy atom. The maximum atomic E-state index is 4.57. The highest BCUT2D eigenvalue weighted by Gasteiger charge is 1.98. The van der Waals surface area contributed by atoms with Crippen LogP contribution < -0.4 is 0 Å². The molecule has 0 N–H and O–H groups in total. The molecule has 0 aliphatic rings. The minimum absolute atomic E-state index is 0.391. The quantitative estimate of drug-likeness (QED) is 0.456. The molecule has 0 aliphatic carbocycles. The summed E-state index contributed by atoms with van der Waals surface area (Å²) in [4.78, 5) is 4.57. The summed E-state index contributed by atoms with van der Waals surface area (Å²) in [7, 11) is 1.53. The molecule has 0 bridgehead atoms. The molecule has 0 aliphatic heterocycles. The van der Waals surface area contributed by atoms with Gasteiger partial charge in [-0.05, 0) is 12.0 Å². The predicted molar refractivity (Wildman–Crippen MR) is 50.8 cm³/mol. The molecule has 2 nitrogen and oxygen atoms in total. The molecule has 0 aromatic heterocycles. The Morgan fingerprint density at radius 3 is 2.00 bits per heavy atom. The summed E-state index contributed by atoms with van der Waals surface area (Å²) in [6, 6.07) is 0. The van der Waals surface area contributed by atoms with Crippen molar-refractivity contribution in [1.29, 1.82) is 0 Å². The molecule has 0 radical (unpaired) electrons. The van der Waals surface area contributed by atoms with E-state index in [1.807, 2.05) is 27.7 Å². The van der Waals surface area contributed by atoms with Gasteiger partial charge in [0.2, 0.25) is 0 Å². The summed E-state index contributed by atoms with van der Waals surface area (Å²) in [5.41, 5.74) is 0.887. The summed E-state index contributed by atoms with van der Waals surface area (Å²) in [5, 5.41) is 3.74. The van der Waals surface area contributed by atoms with Gasteiger partial charge in [-0.3, -0.25) is 0 Å². The second-order valence-electron chi connectivity index (χ2n) is 2.06. The molecule has 0 spiro atoms. The predicted octanol–water partition coefficient (Wildman–Crippen LogP) is 2.86. The first-order valence-corrected chi connectivity index (χ1v) is 3.95. The molecule has 0 fully saturated rings. The summed E-state index contributed by atoms with van der Waals surface area (Å²) >= 11 is 0. The van der Waals surface area contributed by atoms with E-state index in [4.69, 9.17) is 0 Å². The van der Waals surface area contributed by atoms with Crippen LogP contribution in [-0.2, 0) is 4.84 Å². The molecule has 0 rings (SSSR count). The number of allylic oxidation sites excluding steroid dienone is 1. The third kappa shape index (κ3) is 7.10. The molecule has 0 amide bonds. The van der Waals surface area contributed by atoms with Crippen molar-refractivity contribution in [3.8, 4) is 0 Å². The van der Waals surface area contributed by atoms with Gasteiger partial charge in [-0.2, -0.15) is 0 Å². The van der Waals surface area contributed by atoms with Gasteiger partial charge >= 0.3 is 0 Å². The Morgan fingerprint density at radius 2 is 1.91 bits per heavy atom. The first kappa shape index (κ1) is 12.8. The molecule has 0 atom stereocenters. The van der Waals surface area contributed by atoms with Crippen LogP contribution in [0.3, 0.4) is 0 Å². The number of hydrogen-bond donors (Lipinski definition) is 0. The van der Waals surface area contributed by atoms with Gasteiger partial charge in [0.1, 0.15) is 7.11 Å². The first-order valence-electron chi connectivity index (χ1n) is 3.95. The van der Waals surface area contributed by atoms with Crippen molar-refractivity contribution in [3.63, 3.8) is 0 Å². The molecule has 0 heterocycles. The second kappa shape index (κ2) is 9.21. The van der Waals surface area contributed by atoms with Gasteiger partial charge in [0.15, 0.2) is 0 Å². The molecular formula is C9H19NO. The van der Waals surface area contributed by atoms with Crippen LogP contribution in [0.25, 0.3) is 0 Å². The van der Waals surface area contributed by atoms with Crippen LogP contribution in [0.2, 0.25) is 0 Å². The fraction of sp³-hybridized carbons (Fsp3) is 0.667. The van der Waals surface area contributed by atoms with Gasteiger partial charge in [0.05, 0.1) is 5.71 Å². The lowest BCUT2D eigenvalue weighted by Crippen LogP contribution is -2.03. The van der Waals surface area contributed by atoms with Gasteiger partial charge in [-0.1, -0.05) is 39.4 Å². The number of nitrogens with zero attached hydrogens (tertiary/aromatic N) is 1. The third-order valence-corrected chi connectivity index (χ3v) is 0.997. The topological polar surface area (TPSA) is 21.6 Å². The number of oxime groups is 1. The lowest BCUT2D eigenvalue weighted by atomic mass is 10.1. The van der Waals surface area contributed by atoms with Crippen molar-refractivity contribution in [2.24, 2.45) is 11.1 Å². The van der Waals surface area contributed by atoms with E-state index in [2.05, 4.69) is 16.6 Å². The van der Waals surface area contributed by atoms with E-state index < -0.39 is 0 Å². The van der Waals surface area contributed by atoms with E-state index in [1.54, 1.807) is 6.08 Å². The summed E-state index contributed by atoms with van der Waals surface area (Å²) in [5.74, 6) is 0.391. The smallest absolute Gasteiger partial charge is 0.106 e. The minimum Gasteiger partial charge on any atom is -0.399 e. The van der Waals surface area contributed by atoms with Crippen LogP contribution in [0.15, 0.2) is 17.8 Å². The van der Waals surface area contributed by atoms with Crippen LogP contribution in [0, 0.1) is 5.92 Å². The van der Waals surface area contributed by atoms with E-state index in [1.165, 1.54) is 7.11 Å². The number of rotatable bonds is 3. The van der Waals surface area contributed by atoms with Crippen molar-refractivity contribution < 1.29 is 4.84 Å². The third-order valence-electron chi connectivity index (χ3n) is 0.997. The van der Waals surface area contributed by atoms with Crippen molar-refractivity contribution in [2.45, 2.75) is 27.7 Å². The maximum Gasteiger partial charge on any atom is 0.106 e. The minimum atomic E-state index is 0.391. The first-order chi connectivity index (χ1) is 5.22. The molecule has 0 aromatic rings. The highest BCUT2D eigenvalue weighted by molar-refractivity contribution is 5.95. The van der Waals surface area contributed by atoms with Crippen LogP contribution in [0.1, 0.15) is 27.7 Å².